The lowest BCUT2D eigenvalue weighted by molar-refractivity contribution is -0.286. The van der Waals surface area contributed by atoms with Crippen molar-refractivity contribution >= 4 is 0 Å². The van der Waals surface area contributed by atoms with Crippen LogP contribution in [-0.2, 0) is 13.0 Å². The maximum Gasteiger partial charge on any atom is 0.586 e. The second-order valence-electron chi connectivity index (χ2n) is 4.94. The highest BCUT2D eigenvalue weighted by molar-refractivity contribution is 5.48. The minimum absolute atomic E-state index is 0.0229. The largest absolute Gasteiger partial charge is 0.586 e. The number of alkyl halides is 2. The molecule has 0 saturated heterocycles. The third kappa shape index (κ3) is 2.82. The van der Waals surface area contributed by atoms with Gasteiger partial charge in [-0.2, -0.15) is 0 Å². The van der Waals surface area contributed by atoms with Crippen molar-refractivity contribution in [2.45, 2.75) is 32.3 Å². The number of aliphatic hydroxyl groups is 1. The number of fused-ring (bicyclic) bond motifs is 1. The number of aromatic nitrogens is 2. The predicted molar refractivity (Wildman–Crippen MR) is 69.4 cm³/mol. The fourth-order valence-corrected chi connectivity index (χ4v) is 2.27. The van der Waals surface area contributed by atoms with Crippen molar-refractivity contribution in [1.82, 2.24) is 9.55 Å². The zero-order chi connectivity index (χ0) is 15.0. The number of hydrogen-bond donors (Lipinski definition) is 1. The van der Waals surface area contributed by atoms with E-state index in [-0.39, 0.29) is 11.5 Å². The molecule has 0 spiro atoms. The molecule has 1 aliphatic heterocycles. The Morgan fingerprint density at radius 1 is 1.38 bits per heavy atom. The summed E-state index contributed by atoms with van der Waals surface area (Å²) in [5.41, 5.74) is 0.564. The third-order valence-corrected chi connectivity index (χ3v) is 3.13. The summed E-state index contributed by atoms with van der Waals surface area (Å²) in [6.07, 6.45) is -0.444. The Bertz CT molecular complexity index is 655. The molecule has 21 heavy (non-hydrogen) atoms. The predicted octanol–water partition coefficient (Wildman–Crippen LogP) is 2.18. The van der Waals surface area contributed by atoms with Gasteiger partial charge in [-0.3, -0.25) is 0 Å². The summed E-state index contributed by atoms with van der Waals surface area (Å²) in [4.78, 5) is 4.16. The van der Waals surface area contributed by atoms with Gasteiger partial charge in [0.25, 0.3) is 0 Å². The maximum absolute atomic E-state index is 13.2. The zero-order valence-corrected chi connectivity index (χ0v) is 11.3. The smallest absolute Gasteiger partial charge is 0.395 e. The molecule has 5 nitrogen and oxygen atoms in total. The first-order valence-corrected chi connectivity index (χ1v) is 6.50. The first kappa shape index (κ1) is 13.8. The van der Waals surface area contributed by atoms with E-state index >= 15 is 0 Å². The van der Waals surface area contributed by atoms with Crippen LogP contribution in [0.2, 0.25) is 0 Å². The molecule has 112 valence electrons. The highest BCUT2D eigenvalue weighted by Gasteiger charge is 2.44. The van der Waals surface area contributed by atoms with Gasteiger partial charge in [0, 0.05) is 24.4 Å². The lowest BCUT2D eigenvalue weighted by atomic mass is 10.2. The lowest BCUT2D eigenvalue weighted by Gasteiger charge is -2.11. The molecule has 2 aromatic rings. The highest BCUT2D eigenvalue weighted by atomic mass is 19.3. The van der Waals surface area contributed by atoms with Gasteiger partial charge < -0.3 is 19.1 Å². The van der Waals surface area contributed by atoms with Crippen LogP contribution in [-0.4, -0.2) is 27.1 Å². The van der Waals surface area contributed by atoms with Gasteiger partial charge >= 0.3 is 6.29 Å². The number of aliphatic hydroxyl groups excluding tert-OH is 1. The second kappa shape index (κ2) is 5.00. The van der Waals surface area contributed by atoms with Gasteiger partial charge in [-0.05, 0) is 13.0 Å². The van der Waals surface area contributed by atoms with Gasteiger partial charge in [-0.25, -0.2) is 4.98 Å². The summed E-state index contributed by atoms with van der Waals surface area (Å²) in [5.74, 6) is 0.738. The summed E-state index contributed by atoms with van der Waals surface area (Å²) in [6.45, 7) is 1.97. The van der Waals surface area contributed by atoms with E-state index in [4.69, 9.17) is 0 Å². The quantitative estimate of drug-likeness (QED) is 0.939. The zero-order valence-electron chi connectivity index (χ0n) is 11.3. The summed E-state index contributed by atoms with van der Waals surface area (Å²) < 4.78 is 37.1. The van der Waals surface area contributed by atoms with Crippen LogP contribution >= 0.6 is 0 Å². The fourth-order valence-electron chi connectivity index (χ4n) is 2.27. The number of benzene rings is 1. The highest BCUT2D eigenvalue weighted by Crippen LogP contribution is 2.43. The number of ether oxygens (including phenoxy) is 2. The van der Waals surface area contributed by atoms with E-state index in [2.05, 4.69) is 14.5 Å². The normalized spacial score (nSPS) is 17.0. The van der Waals surface area contributed by atoms with Crippen LogP contribution < -0.4 is 9.47 Å². The van der Waals surface area contributed by atoms with E-state index in [1.54, 1.807) is 36.0 Å². The molecule has 3 rings (SSSR count). The number of hydrogen-bond acceptors (Lipinski definition) is 4. The molecular weight excluding hydrogens is 282 g/mol. The Morgan fingerprint density at radius 2 is 2.19 bits per heavy atom. The van der Waals surface area contributed by atoms with Crippen molar-refractivity contribution < 1.29 is 23.4 Å². The molecule has 0 fully saturated rings. The second-order valence-corrected chi connectivity index (χ2v) is 4.94. The first-order chi connectivity index (χ1) is 9.94. The molecule has 0 amide bonds. The summed E-state index contributed by atoms with van der Waals surface area (Å²) in [7, 11) is 0. The molecular formula is C14H14F2N2O3. The van der Waals surface area contributed by atoms with Crippen LogP contribution in [0.5, 0.6) is 11.5 Å². The van der Waals surface area contributed by atoms with Crippen LogP contribution in [0.15, 0.2) is 30.6 Å². The lowest BCUT2D eigenvalue weighted by Crippen LogP contribution is -2.26. The van der Waals surface area contributed by atoms with Crippen LogP contribution in [0.1, 0.15) is 18.3 Å². The summed E-state index contributed by atoms with van der Waals surface area (Å²) >= 11 is 0. The molecule has 1 atom stereocenters. The van der Waals surface area contributed by atoms with E-state index in [1.165, 1.54) is 6.07 Å². The summed E-state index contributed by atoms with van der Waals surface area (Å²) in [6, 6.07) is 4.75. The van der Waals surface area contributed by atoms with Gasteiger partial charge in [0.15, 0.2) is 11.5 Å². The standard InChI is InChI=1S/C14H14F2N2O3/c1-9(19)7-12-17-5-6-18(12)8-10-3-2-4-11-13(10)21-14(15,16)20-11/h2-6,9,19H,7-8H2,1H3. The fraction of sp³-hybridized carbons (Fsp3) is 0.357. The van der Waals surface area contributed by atoms with Crippen LogP contribution in [0.25, 0.3) is 0 Å². The summed E-state index contributed by atoms with van der Waals surface area (Å²) in [5, 5.41) is 9.44. The van der Waals surface area contributed by atoms with Crippen molar-refractivity contribution in [3.05, 3.63) is 42.0 Å². The minimum atomic E-state index is -3.63. The molecule has 7 heteroatoms. The number of halogens is 2. The van der Waals surface area contributed by atoms with Crippen molar-refractivity contribution in [2.24, 2.45) is 0 Å². The van der Waals surface area contributed by atoms with Crippen molar-refractivity contribution in [3.63, 3.8) is 0 Å². The monoisotopic (exact) mass is 296 g/mol. The van der Waals surface area contributed by atoms with E-state index in [0.29, 0.717) is 24.4 Å². The average molecular weight is 296 g/mol. The van der Waals surface area contributed by atoms with E-state index in [1.807, 2.05) is 0 Å². The molecule has 1 unspecified atom stereocenters. The molecule has 1 N–H and O–H groups in total. The van der Waals surface area contributed by atoms with Crippen molar-refractivity contribution in [1.29, 1.82) is 0 Å². The number of nitrogens with zero attached hydrogens (tertiary/aromatic N) is 2. The van der Waals surface area contributed by atoms with Crippen LogP contribution in [0.3, 0.4) is 0 Å². The molecule has 0 bridgehead atoms. The number of rotatable bonds is 4. The topological polar surface area (TPSA) is 56.5 Å². The van der Waals surface area contributed by atoms with Gasteiger partial charge in [0.1, 0.15) is 5.82 Å². The Hall–Kier alpha value is -2.15. The Morgan fingerprint density at radius 3 is 2.95 bits per heavy atom. The van der Waals surface area contributed by atoms with Gasteiger partial charge in [0.2, 0.25) is 0 Å². The Kier molecular flexibility index (Phi) is 3.29. The molecule has 0 aliphatic carbocycles. The van der Waals surface area contributed by atoms with E-state index < -0.39 is 12.4 Å². The first-order valence-electron chi connectivity index (χ1n) is 6.50. The van der Waals surface area contributed by atoms with Gasteiger partial charge in [0.05, 0.1) is 12.6 Å². The van der Waals surface area contributed by atoms with Crippen molar-refractivity contribution in [2.75, 3.05) is 0 Å². The van der Waals surface area contributed by atoms with Crippen LogP contribution in [0.4, 0.5) is 8.78 Å². The average Bonchev–Trinajstić information content (AvgIpc) is 2.92. The molecule has 0 radical (unpaired) electrons. The molecule has 1 aromatic heterocycles. The van der Waals surface area contributed by atoms with Crippen LogP contribution in [0, 0.1) is 0 Å². The minimum Gasteiger partial charge on any atom is -0.395 e. The Labute approximate surface area is 119 Å². The Balaban J connectivity index is 1.88. The molecule has 0 saturated carbocycles. The number of imidazole rings is 1. The molecule has 1 aromatic carbocycles. The van der Waals surface area contributed by atoms with E-state index in [0.717, 1.165) is 0 Å². The molecule has 2 heterocycles. The van der Waals surface area contributed by atoms with E-state index in [9.17, 15) is 13.9 Å². The molecule has 1 aliphatic rings. The van der Waals surface area contributed by atoms with Crippen molar-refractivity contribution in [3.8, 4) is 11.5 Å². The van der Waals surface area contributed by atoms with Gasteiger partial charge in [-0.1, -0.05) is 12.1 Å². The SMILES string of the molecule is CC(O)Cc1nccn1Cc1cccc2c1OC(F)(F)O2. The van der Waals surface area contributed by atoms with Gasteiger partial charge in [-0.15, -0.1) is 8.78 Å². The number of para-hydroxylation sites is 1. The maximum atomic E-state index is 13.2. The third-order valence-electron chi connectivity index (χ3n) is 3.13.